The van der Waals surface area contributed by atoms with Crippen LogP contribution < -0.4 is 0 Å². The van der Waals surface area contributed by atoms with Crippen molar-refractivity contribution in [3.8, 4) is 45.3 Å². The molecule has 0 spiro atoms. The fourth-order valence-corrected chi connectivity index (χ4v) is 10.8. The van der Waals surface area contributed by atoms with Crippen molar-refractivity contribution in [3.05, 3.63) is 152 Å². The van der Waals surface area contributed by atoms with Crippen molar-refractivity contribution in [1.82, 2.24) is 15.0 Å². The summed E-state index contributed by atoms with van der Waals surface area (Å²) < 4.78 is 7.60. The second-order valence-electron chi connectivity index (χ2n) is 12.8. The Labute approximate surface area is 304 Å². The highest BCUT2D eigenvalue weighted by Gasteiger charge is 2.19. The van der Waals surface area contributed by atoms with Crippen LogP contribution in [0.25, 0.3) is 106 Å². The molecule has 4 aromatic heterocycles. The molecule has 0 unspecified atom stereocenters. The van der Waals surface area contributed by atoms with E-state index in [0.717, 1.165) is 22.3 Å². The molecule has 11 aromatic rings. The highest BCUT2D eigenvalue weighted by atomic mass is 32.1. The van der Waals surface area contributed by atoms with E-state index in [1.165, 1.54) is 66.1 Å². The molecule has 0 saturated carbocycles. The van der Waals surface area contributed by atoms with Crippen LogP contribution in [0, 0.1) is 0 Å². The monoisotopic (exact) mass is 703 g/mol. The largest absolute Gasteiger partial charge is 0.208 e. The van der Waals surface area contributed by atoms with Crippen molar-refractivity contribution in [2.75, 3.05) is 0 Å². The molecule has 0 amide bonds. The molecule has 11 rings (SSSR count). The average molecular weight is 704 g/mol. The molecule has 51 heavy (non-hydrogen) atoms. The molecule has 3 nitrogen and oxygen atoms in total. The zero-order valence-corrected chi connectivity index (χ0v) is 29.4. The Balaban J connectivity index is 1.15. The molecule has 0 atom stereocenters. The van der Waals surface area contributed by atoms with E-state index in [0.29, 0.717) is 17.5 Å². The van der Waals surface area contributed by atoms with Crippen molar-refractivity contribution in [1.29, 1.82) is 0 Å². The number of benzene rings is 7. The van der Waals surface area contributed by atoms with Crippen LogP contribution in [0.4, 0.5) is 0 Å². The number of rotatable bonds is 4. The van der Waals surface area contributed by atoms with Crippen LogP contribution in [-0.4, -0.2) is 15.0 Å². The predicted octanol–water partition coefficient (Wildman–Crippen LogP) is 13.6. The fraction of sp³-hybridized carbons (Fsp3) is 0. The van der Waals surface area contributed by atoms with Gasteiger partial charge in [0, 0.05) is 77.2 Å². The number of aromatic nitrogens is 3. The van der Waals surface area contributed by atoms with E-state index in [1.54, 1.807) is 0 Å². The Bertz CT molecular complexity index is 3170. The number of hydrogen-bond acceptors (Lipinski definition) is 6. The summed E-state index contributed by atoms with van der Waals surface area (Å²) in [5.41, 5.74) is 5.30. The van der Waals surface area contributed by atoms with Gasteiger partial charge in [0.1, 0.15) is 0 Å². The van der Waals surface area contributed by atoms with Gasteiger partial charge in [-0.2, -0.15) is 0 Å². The minimum Gasteiger partial charge on any atom is -0.208 e. The Morgan fingerprint density at radius 3 is 1.47 bits per heavy atom. The standard InChI is InChI=1S/C45H25N3S3/c1-4-17-35-30(12-1)34-25-28(22-23-38(34)49-35)44-46-43(47-45(48-44)33-16-9-21-40-42(33)32-14-3-6-19-37(32)51-40)27-11-7-10-26(24-27)29-15-8-20-39-41(29)31-13-2-5-18-36(31)50-39/h1-25H. The minimum absolute atomic E-state index is 0.658. The lowest BCUT2D eigenvalue weighted by molar-refractivity contribution is 1.08. The first kappa shape index (κ1) is 29.0. The van der Waals surface area contributed by atoms with Gasteiger partial charge in [-0.1, -0.05) is 97.1 Å². The van der Waals surface area contributed by atoms with Gasteiger partial charge in [0.05, 0.1) is 0 Å². The lowest BCUT2D eigenvalue weighted by Crippen LogP contribution is -2.00. The smallest absolute Gasteiger partial charge is 0.164 e. The molecule has 0 aliphatic carbocycles. The molecule has 4 heterocycles. The summed E-state index contributed by atoms with van der Waals surface area (Å²) >= 11 is 5.47. The van der Waals surface area contributed by atoms with Gasteiger partial charge in [-0.15, -0.1) is 34.0 Å². The summed E-state index contributed by atoms with van der Waals surface area (Å²) in [6, 6.07) is 54.3. The van der Waals surface area contributed by atoms with Crippen molar-refractivity contribution in [2.45, 2.75) is 0 Å². The summed E-state index contributed by atoms with van der Waals surface area (Å²) in [6.07, 6.45) is 0. The molecule has 0 radical (unpaired) electrons. The van der Waals surface area contributed by atoms with Gasteiger partial charge in [-0.3, -0.25) is 0 Å². The van der Waals surface area contributed by atoms with Crippen LogP contribution in [0.1, 0.15) is 0 Å². The van der Waals surface area contributed by atoms with Crippen molar-refractivity contribution < 1.29 is 0 Å². The summed E-state index contributed by atoms with van der Waals surface area (Å²) in [4.78, 5) is 15.7. The molecule has 0 fully saturated rings. The third-order valence-electron chi connectivity index (χ3n) is 9.75. The Morgan fingerprint density at radius 1 is 0.294 bits per heavy atom. The zero-order chi connectivity index (χ0) is 33.5. The number of fused-ring (bicyclic) bond motifs is 9. The summed E-state index contributed by atoms with van der Waals surface area (Å²) in [6.45, 7) is 0. The predicted molar refractivity (Wildman–Crippen MR) is 220 cm³/mol. The van der Waals surface area contributed by atoms with Crippen LogP contribution in [0.15, 0.2) is 152 Å². The molecule has 6 heteroatoms. The first-order chi connectivity index (χ1) is 25.2. The van der Waals surface area contributed by atoms with Gasteiger partial charge < -0.3 is 0 Å². The van der Waals surface area contributed by atoms with Gasteiger partial charge in [0.25, 0.3) is 0 Å². The minimum atomic E-state index is 0.658. The van der Waals surface area contributed by atoms with E-state index in [1.807, 2.05) is 34.0 Å². The third kappa shape index (κ3) is 4.65. The Kier molecular flexibility index (Phi) is 6.46. The van der Waals surface area contributed by atoms with Gasteiger partial charge in [-0.25, -0.2) is 15.0 Å². The van der Waals surface area contributed by atoms with Gasteiger partial charge in [0.2, 0.25) is 0 Å². The second kappa shape index (κ2) is 11.4. The molecular weight excluding hydrogens is 679 g/mol. The van der Waals surface area contributed by atoms with Crippen LogP contribution in [0.2, 0.25) is 0 Å². The second-order valence-corrected chi connectivity index (χ2v) is 16.0. The maximum Gasteiger partial charge on any atom is 0.164 e. The Morgan fingerprint density at radius 2 is 0.765 bits per heavy atom. The highest BCUT2D eigenvalue weighted by Crippen LogP contribution is 2.42. The first-order valence-corrected chi connectivity index (χ1v) is 19.3. The maximum absolute atomic E-state index is 5.26. The van der Waals surface area contributed by atoms with Crippen molar-refractivity contribution >= 4 is 94.5 Å². The van der Waals surface area contributed by atoms with Crippen molar-refractivity contribution in [2.24, 2.45) is 0 Å². The van der Waals surface area contributed by atoms with E-state index >= 15 is 0 Å². The lowest BCUT2D eigenvalue weighted by Gasteiger charge is -2.11. The molecule has 238 valence electrons. The van der Waals surface area contributed by atoms with E-state index in [-0.39, 0.29) is 0 Å². The average Bonchev–Trinajstić information content (AvgIpc) is 3.88. The van der Waals surface area contributed by atoms with Crippen LogP contribution in [-0.2, 0) is 0 Å². The molecule has 0 saturated heterocycles. The quantitative estimate of drug-likeness (QED) is 0.183. The fourth-order valence-electron chi connectivity index (χ4n) is 7.42. The number of thiophene rings is 3. The molecule has 0 N–H and O–H groups in total. The first-order valence-electron chi connectivity index (χ1n) is 16.8. The molecule has 0 aliphatic heterocycles. The SMILES string of the molecule is c1cc(-c2nc(-c3ccc4sc5ccccc5c4c3)nc(-c3cccc4sc5ccccc5c34)n2)cc(-c2cccc3sc4ccccc4c23)c1. The van der Waals surface area contributed by atoms with E-state index < -0.39 is 0 Å². The molecule has 0 bridgehead atoms. The molecule has 7 aromatic carbocycles. The topological polar surface area (TPSA) is 38.7 Å². The number of nitrogens with zero attached hydrogens (tertiary/aromatic N) is 3. The summed E-state index contributed by atoms with van der Waals surface area (Å²) in [5.74, 6) is 2.00. The molecular formula is C45H25N3S3. The summed E-state index contributed by atoms with van der Waals surface area (Å²) in [7, 11) is 0. The van der Waals surface area contributed by atoms with Crippen molar-refractivity contribution in [3.63, 3.8) is 0 Å². The Hall–Kier alpha value is -5.79. The van der Waals surface area contributed by atoms with E-state index in [2.05, 4.69) is 152 Å². The summed E-state index contributed by atoms with van der Waals surface area (Å²) in [5, 5.41) is 7.47. The van der Waals surface area contributed by atoms with Gasteiger partial charge in [0.15, 0.2) is 17.5 Å². The zero-order valence-electron chi connectivity index (χ0n) is 27.0. The van der Waals surface area contributed by atoms with Crippen LogP contribution in [0.5, 0.6) is 0 Å². The maximum atomic E-state index is 5.26. The van der Waals surface area contributed by atoms with E-state index in [9.17, 15) is 0 Å². The van der Waals surface area contributed by atoms with E-state index in [4.69, 9.17) is 15.0 Å². The molecule has 0 aliphatic rings. The van der Waals surface area contributed by atoms with Crippen LogP contribution >= 0.6 is 34.0 Å². The lowest BCUT2D eigenvalue weighted by atomic mass is 9.98. The van der Waals surface area contributed by atoms with Gasteiger partial charge >= 0.3 is 0 Å². The highest BCUT2D eigenvalue weighted by molar-refractivity contribution is 7.26. The van der Waals surface area contributed by atoms with Gasteiger partial charge in [-0.05, 0) is 65.7 Å². The van der Waals surface area contributed by atoms with Crippen LogP contribution in [0.3, 0.4) is 0 Å². The normalized spacial score (nSPS) is 11.9. The number of hydrogen-bond donors (Lipinski definition) is 0. The third-order valence-corrected chi connectivity index (χ3v) is 13.2.